The fourth-order valence-electron chi connectivity index (χ4n) is 2.03. The normalized spacial score (nSPS) is 11.2. The molecule has 1 amide bonds. The Hall–Kier alpha value is -1.75. The first-order valence-electron chi connectivity index (χ1n) is 6.77. The molecule has 0 heterocycles. The van der Waals surface area contributed by atoms with Gasteiger partial charge in [0.05, 0.1) is 10.6 Å². The van der Waals surface area contributed by atoms with Crippen LogP contribution in [-0.4, -0.2) is 23.5 Å². The lowest BCUT2D eigenvalue weighted by molar-refractivity contribution is -0.137. The third-order valence-corrected chi connectivity index (χ3v) is 3.71. The smallest absolute Gasteiger partial charge is 0.303 e. The maximum atomic E-state index is 11.4. The highest BCUT2D eigenvalue weighted by Crippen LogP contribution is 2.28. The number of carboxylic acid groups (broad SMARTS) is 1. The Morgan fingerprint density at radius 1 is 1.33 bits per heavy atom. The molecule has 0 atom stereocenters. The van der Waals surface area contributed by atoms with Gasteiger partial charge in [-0.25, -0.2) is 0 Å². The SMILES string of the molecule is CC(C)(CCNc1cccc(Cl)c1C(N)=O)CCC(=O)O. The maximum Gasteiger partial charge on any atom is 0.303 e. The van der Waals surface area contributed by atoms with Crippen LogP contribution in [-0.2, 0) is 4.79 Å². The van der Waals surface area contributed by atoms with Gasteiger partial charge in [0.1, 0.15) is 0 Å². The van der Waals surface area contributed by atoms with Crippen molar-refractivity contribution in [3.8, 4) is 0 Å². The van der Waals surface area contributed by atoms with Crippen LogP contribution in [0.25, 0.3) is 0 Å². The lowest BCUT2D eigenvalue weighted by Gasteiger charge is -2.24. The van der Waals surface area contributed by atoms with Crippen LogP contribution < -0.4 is 11.1 Å². The molecule has 0 unspecified atom stereocenters. The molecule has 0 fully saturated rings. The summed E-state index contributed by atoms with van der Waals surface area (Å²) in [5.41, 5.74) is 6.11. The highest BCUT2D eigenvalue weighted by Gasteiger charge is 2.19. The molecule has 0 spiro atoms. The second-order valence-electron chi connectivity index (χ2n) is 5.76. The summed E-state index contributed by atoms with van der Waals surface area (Å²) in [6, 6.07) is 5.10. The number of carbonyl (C=O) groups is 2. The number of hydrogen-bond acceptors (Lipinski definition) is 3. The first-order valence-corrected chi connectivity index (χ1v) is 7.15. The van der Waals surface area contributed by atoms with Gasteiger partial charge in [-0.05, 0) is 30.4 Å². The molecule has 1 aromatic rings. The summed E-state index contributed by atoms with van der Waals surface area (Å²) in [7, 11) is 0. The lowest BCUT2D eigenvalue weighted by atomic mass is 9.84. The van der Waals surface area contributed by atoms with E-state index in [2.05, 4.69) is 5.32 Å². The number of nitrogens with one attached hydrogen (secondary N) is 1. The fourth-order valence-corrected chi connectivity index (χ4v) is 2.30. The summed E-state index contributed by atoms with van der Waals surface area (Å²) in [4.78, 5) is 22.0. The molecule has 0 bridgehead atoms. The molecule has 0 saturated heterocycles. The van der Waals surface area contributed by atoms with Crippen LogP contribution >= 0.6 is 11.6 Å². The van der Waals surface area contributed by atoms with Crippen LogP contribution in [0.5, 0.6) is 0 Å². The van der Waals surface area contributed by atoms with Crippen molar-refractivity contribution < 1.29 is 14.7 Å². The van der Waals surface area contributed by atoms with Crippen molar-refractivity contribution >= 4 is 29.2 Å². The average molecular weight is 313 g/mol. The van der Waals surface area contributed by atoms with Crippen LogP contribution in [0, 0.1) is 5.41 Å². The molecule has 0 radical (unpaired) electrons. The van der Waals surface area contributed by atoms with Crippen LogP contribution in [0.3, 0.4) is 0 Å². The number of carboxylic acids is 1. The molecule has 0 aliphatic rings. The Kier molecular flexibility index (Phi) is 6.03. The van der Waals surface area contributed by atoms with Crippen LogP contribution in [0.4, 0.5) is 5.69 Å². The number of anilines is 1. The van der Waals surface area contributed by atoms with E-state index in [1.54, 1.807) is 18.2 Å². The molecular formula is C15H21ClN2O3. The van der Waals surface area contributed by atoms with E-state index in [0.717, 1.165) is 6.42 Å². The topological polar surface area (TPSA) is 92.4 Å². The van der Waals surface area contributed by atoms with Gasteiger partial charge in [-0.15, -0.1) is 0 Å². The van der Waals surface area contributed by atoms with E-state index in [4.69, 9.17) is 22.4 Å². The first kappa shape index (κ1) is 17.3. The Balaban J connectivity index is 2.62. The number of primary amides is 1. The van der Waals surface area contributed by atoms with Crippen molar-refractivity contribution in [3.05, 3.63) is 28.8 Å². The third kappa shape index (κ3) is 5.63. The van der Waals surface area contributed by atoms with E-state index in [-0.39, 0.29) is 17.4 Å². The molecule has 5 nitrogen and oxygen atoms in total. The Morgan fingerprint density at radius 3 is 2.57 bits per heavy atom. The maximum absolute atomic E-state index is 11.4. The number of halogens is 1. The molecule has 4 N–H and O–H groups in total. The second-order valence-corrected chi connectivity index (χ2v) is 6.17. The minimum atomic E-state index is -0.790. The van der Waals surface area contributed by atoms with Gasteiger partial charge in [-0.1, -0.05) is 31.5 Å². The van der Waals surface area contributed by atoms with E-state index in [9.17, 15) is 9.59 Å². The van der Waals surface area contributed by atoms with E-state index in [1.165, 1.54) is 0 Å². The zero-order valence-corrected chi connectivity index (χ0v) is 13.0. The van der Waals surface area contributed by atoms with E-state index in [1.807, 2.05) is 13.8 Å². The molecule has 0 saturated carbocycles. The largest absolute Gasteiger partial charge is 0.481 e. The van der Waals surface area contributed by atoms with Crippen LogP contribution in [0.2, 0.25) is 5.02 Å². The van der Waals surface area contributed by atoms with Gasteiger partial charge in [0.15, 0.2) is 0 Å². The third-order valence-electron chi connectivity index (χ3n) is 3.39. The number of amides is 1. The quantitative estimate of drug-likeness (QED) is 0.687. The van der Waals surface area contributed by atoms with Crippen molar-refractivity contribution in [2.45, 2.75) is 33.1 Å². The summed E-state index contributed by atoms with van der Waals surface area (Å²) in [5.74, 6) is -1.37. The Morgan fingerprint density at radius 2 is 2.00 bits per heavy atom. The number of hydrogen-bond donors (Lipinski definition) is 3. The molecule has 6 heteroatoms. The molecular weight excluding hydrogens is 292 g/mol. The summed E-state index contributed by atoms with van der Waals surface area (Å²) in [6.07, 6.45) is 1.52. The summed E-state index contributed by atoms with van der Waals surface area (Å²) < 4.78 is 0. The molecule has 1 rings (SSSR count). The standard InChI is InChI=1S/C15H21ClN2O3/c1-15(2,7-6-12(19)20)8-9-18-11-5-3-4-10(16)13(11)14(17)21/h3-5,18H,6-9H2,1-2H3,(H2,17,21)(H,19,20). The number of carbonyl (C=O) groups excluding carboxylic acids is 1. The lowest BCUT2D eigenvalue weighted by Crippen LogP contribution is -2.20. The fraction of sp³-hybridized carbons (Fsp3) is 0.467. The second kappa shape index (κ2) is 7.31. The van der Waals surface area contributed by atoms with Crippen LogP contribution in [0.15, 0.2) is 18.2 Å². The number of benzene rings is 1. The average Bonchev–Trinajstić information content (AvgIpc) is 2.36. The van der Waals surface area contributed by atoms with Gasteiger partial charge >= 0.3 is 5.97 Å². The van der Waals surface area contributed by atoms with Gasteiger partial charge in [-0.3, -0.25) is 9.59 Å². The molecule has 0 aromatic heterocycles. The van der Waals surface area contributed by atoms with Gasteiger partial charge < -0.3 is 16.2 Å². The van der Waals surface area contributed by atoms with E-state index >= 15 is 0 Å². The van der Waals surface area contributed by atoms with E-state index < -0.39 is 11.9 Å². The molecule has 0 aliphatic carbocycles. The minimum absolute atomic E-state index is 0.100. The Labute approximate surface area is 129 Å². The highest BCUT2D eigenvalue weighted by atomic mass is 35.5. The molecule has 116 valence electrons. The molecule has 21 heavy (non-hydrogen) atoms. The van der Waals surface area contributed by atoms with Gasteiger partial charge in [0.25, 0.3) is 5.91 Å². The van der Waals surface area contributed by atoms with Crippen molar-refractivity contribution in [1.29, 1.82) is 0 Å². The van der Waals surface area contributed by atoms with Crippen molar-refractivity contribution in [2.75, 3.05) is 11.9 Å². The minimum Gasteiger partial charge on any atom is -0.481 e. The zero-order chi connectivity index (χ0) is 16.0. The van der Waals surface area contributed by atoms with Gasteiger partial charge in [-0.2, -0.15) is 0 Å². The summed E-state index contributed by atoms with van der Waals surface area (Å²) in [6.45, 7) is 4.64. The number of nitrogens with two attached hydrogens (primary N) is 1. The monoisotopic (exact) mass is 312 g/mol. The zero-order valence-electron chi connectivity index (χ0n) is 12.3. The number of aliphatic carboxylic acids is 1. The van der Waals surface area contributed by atoms with Gasteiger partial charge in [0, 0.05) is 18.7 Å². The highest BCUT2D eigenvalue weighted by molar-refractivity contribution is 6.34. The van der Waals surface area contributed by atoms with Crippen LogP contribution in [0.1, 0.15) is 43.5 Å². The van der Waals surface area contributed by atoms with Crippen molar-refractivity contribution in [2.24, 2.45) is 11.1 Å². The van der Waals surface area contributed by atoms with Gasteiger partial charge in [0.2, 0.25) is 0 Å². The van der Waals surface area contributed by atoms with E-state index in [0.29, 0.717) is 23.7 Å². The molecule has 0 aliphatic heterocycles. The predicted octanol–water partition coefficient (Wildman–Crippen LogP) is 3.13. The number of rotatable bonds is 8. The predicted molar refractivity (Wildman–Crippen MR) is 83.7 cm³/mol. The van der Waals surface area contributed by atoms with Crippen molar-refractivity contribution in [1.82, 2.24) is 0 Å². The first-order chi connectivity index (χ1) is 9.73. The Bertz CT molecular complexity index is 530. The molecule has 1 aromatic carbocycles. The summed E-state index contributed by atoms with van der Waals surface area (Å²) >= 11 is 5.97. The van der Waals surface area contributed by atoms with Crippen molar-refractivity contribution in [3.63, 3.8) is 0 Å². The summed E-state index contributed by atoms with van der Waals surface area (Å²) in [5, 5.41) is 12.2.